The van der Waals surface area contributed by atoms with E-state index in [0.717, 1.165) is 12.1 Å². The van der Waals surface area contributed by atoms with Gasteiger partial charge in [-0.2, -0.15) is 13.2 Å². The van der Waals surface area contributed by atoms with Gasteiger partial charge in [-0.3, -0.25) is 4.79 Å². The highest BCUT2D eigenvalue weighted by Crippen LogP contribution is 2.34. The van der Waals surface area contributed by atoms with Gasteiger partial charge < -0.3 is 14.8 Å². The second kappa shape index (κ2) is 8.55. The average molecular weight is 515 g/mol. The summed E-state index contributed by atoms with van der Waals surface area (Å²) in [4.78, 5) is 20.1. The van der Waals surface area contributed by atoms with E-state index in [4.69, 9.17) is 0 Å². The maximum atomic E-state index is 15.4. The number of imidazole rings is 1. The fourth-order valence-electron chi connectivity index (χ4n) is 3.70. The van der Waals surface area contributed by atoms with Crippen LogP contribution in [0.3, 0.4) is 0 Å². The van der Waals surface area contributed by atoms with Gasteiger partial charge in [-0.15, -0.1) is 0 Å². The summed E-state index contributed by atoms with van der Waals surface area (Å²) >= 11 is 0. The second-order valence-electron chi connectivity index (χ2n) is 8.93. The Morgan fingerprint density at radius 1 is 1.20 bits per heavy atom. The van der Waals surface area contributed by atoms with Crippen molar-refractivity contribution in [1.29, 1.82) is 0 Å². The van der Waals surface area contributed by atoms with Crippen molar-refractivity contribution >= 4 is 27.1 Å². The molecule has 1 aliphatic carbocycles. The standard InChI is InChI=1S/C22H22F4N4O4S/c1-21(2,32)17-15(29-20(31)14-4-3-5-16(28-14)22(24,25)26)11-30-10-12(27-19(30)18(17)23)8-9-35(33,34)13-6-7-13/h3-5,10-11,13,32H,6-9H2,1-2H3,(H,29,31). The lowest BCUT2D eigenvalue weighted by atomic mass is 9.97. The normalized spacial score (nSPS) is 14.9. The molecule has 0 aromatic carbocycles. The van der Waals surface area contributed by atoms with Gasteiger partial charge in [-0.25, -0.2) is 22.8 Å². The number of rotatable bonds is 7. The minimum absolute atomic E-state index is 0.0493. The highest BCUT2D eigenvalue weighted by atomic mass is 32.2. The van der Waals surface area contributed by atoms with E-state index in [-0.39, 0.29) is 40.0 Å². The number of hydrogen-bond donors (Lipinski definition) is 2. The molecule has 1 aliphatic rings. The predicted octanol–water partition coefficient (Wildman–Crippen LogP) is 3.49. The summed E-state index contributed by atoms with van der Waals surface area (Å²) in [7, 11) is -3.26. The van der Waals surface area contributed by atoms with Crippen LogP contribution in [-0.2, 0) is 28.0 Å². The monoisotopic (exact) mass is 514 g/mol. The molecule has 0 spiro atoms. The van der Waals surface area contributed by atoms with Crippen molar-refractivity contribution in [2.24, 2.45) is 0 Å². The lowest BCUT2D eigenvalue weighted by Crippen LogP contribution is -2.24. The van der Waals surface area contributed by atoms with E-state index in [2.05, 4.69) is 15.3 Å². The van der Waals surface area contributed by atoms with Crippen molar-refractivity contribution < 1.29 is 35.9 Å². The average Bonchev–Trinajstić information content (AvgIpc) is 3.52. The van der Waals surface area contributed by atoms with Gasteiger partial charge in [0.2, 0.25) is 0 Å². The maximum Gasteiger partial charge on any atom is 0.433 e. The van der Waals surface area contributed by atoms with Crippen LogP contribution in [0, 0.1) is 5.82 Å². The van der Waals surface area contributed by atoms with Crippen molar-refractivity contribution in [2.75, 3.05) is 11.1 Å². The van der Waals surface area contributed by atoms with Gasteiger partial charge in [-0.05, 0) is 38.8 Å². The Morgan fingerprint density at radius 3 is 2.49 bits per heavy atom. The number of sulfone groups is 1. The van der Waals surface area contributed by atoms with E-state index < -0.39 is 44.7 Å². The van der Waals surface area contributed by atoms with Crippen LogP contribution >= 0.6 is 0 Å². The van der Waals surface area contributed by atoms with Crippen molar-refractivity contribution in [3.8, 4) is 0 Å². The summed E-state index contributed by atoms with van der Waals surface area (Å²) in [6, 6.07) is 2.79. The number of aromatic nitrogens is 3. The topological polar surface area (TPSA) is 114 Å². The molecule has 1 amide bonds. The van der Waals surface area contributed by atoms with E-state index in [1.54, 1.807) is 0 Å². The summed E-state index contributed by atoms with van der Waals surface area (Å²) in [6.07, 6.45) is -0.814. The number of halogens is 4. The number of fused-ring (bicyclic) bond motifs is 1. The Kier molecular flexibility index (Phi) is 6.12. The first kappa shape index (κ1) is 25.0. The highest BCUT2D eigenvalue weighted by Gasteiger charge is 2.36. The minimum Gasteiger partial charge on any atom is -0.386 e. The summed E-state index contributed by atoms with van der Waals surface area (Å²) in [6.45, 7) is 2.54. The van der Waals surface area contributed by atoms with E-state index in [1.165, 1.54) is 30.6 Å². The number of amides is 1. The molecule has 3 heterocycles. The van der Waals surface area contributed by atoms with E-state index >= 15 is 4.39 Å². The Balaban J connectivity index is 1.69. The Bertz CT molecular complexity index is 1410. The Morgan fingerprint density at radius 2 is 1.89 bits per heavy atom. The molecular weight excluding hydrogens is 492 g/mol. The molecule has 8 nitrogen and oxygen atoms in total. The molecule has 3 aromatic rings. The first-order chi connectivity index (χ1) is 16.2. The van der Waals surface area contributed by atoms with Gasteiger partial charge in [0.15, 0.2) is 21.3 Å². The van der Waals surface area contributed by atoms with Crippen LogP contribution in [0.25, 0.3) is 5.65 Å². The van der Waals surface area contributed by atoms with E-state index in [0.29, 0.717) is 18.9 Å². The zero-order valence-corrected chi connectivity index (χ0v) is 19.5. The second-order valence-corrected chi connectivity index (χ2v) is 11.3. The van der Waals surface area contributed by atoms with Gasteiger partial charge in [0.1, 0.15) is 11.4 Å². The van der Waals surface area contributed by atoms with Crippen molar-refractivity contribution in [1.82, 2.24) is 14.4 Å². The third kappa shape index (κ3) is 5.30. The summed E-state index contributed by atoms with van der Waals surface area (Å²) in [5.74, 6) is -2.16. The van der Waals surface area contributed by atoms with Crippen LogP contribution in [0.1, 0.15) is 54.1 Å². The maximum absolute atomic E-state index is 15.4. The number of pyridine rings is 2. The molecule has 0 atom stereocenters. The van der Waals surface area contributed by atoms with E-state index in [1.807, 2.05) is 0 Å². The number of nitrogens with one attached hydrogen (secondary N) is 1. The molecule has 0 unspecified atom stereocenters. The first-order valence-corrected chi connectivity index (χ1v) is 12.4. The number of carbonyl (C=O) groups excluding carboxylic acids is 1. The van der Waals surface area contributed by atoms with E-state index in [9.17, 15) is 31.5 Å². The van der Waals surface area contributed by atoms with Gasteiger partial charge in [0.25, 0.3) is 5.91 Å². The number of aryl methyl sites for hydroxylation is 1. The van der Waals surface area contributed by atoms with Crippen LogP contribution in [-0.4, -0.2) is 44.8 Å². The number of alkyl halides is 3. The third-order valence-electron chi connectivity index (χ3n) is 5.54. The molecule has 2 N–H and O–H groups in total. The van der Waals surface area contributed by atoms with Crippen molar-refractivity contribution in [3.05, 3.63) is 59.1 Å². The molecule has 0 saturated heterocycles. The molecule has 3 aromatic heterocycles. The fourth-order valence-corrected chi connectivity index (χ4v) is 5.38. The van der Waals surface area contributed by atoms with Gasteiger partial charge in [0.05, 0.1) is 28.0 Å². The minimum atomic E-state index is -4.76. The summed E-state index contributed by atoms with van der Waals surface area (Å²) in [5, 5.41) is 12.5. The number of nitrogens with zero attached hydrogens (tertiary/aromatic N) is 3. The number of anilines is 1. The van der Waals surface area contributed by atoms with Crippen LogP contribution < -0.4 is 5.32 Å². The molecule has 35 heavy (non-hydrogen) atoms. The van der Waals surface area contributed by atoms with Crippen LogP contribution in [0.2, 0.25) is 0 Å². The quantitative estimate of drug-likeness (QED) is 0.467. The molecule has 0 bridgehead atoms. The number of aliphatic hydroxyl groups is 1. The zero-order chi connectivity index (χ0) is 25.8. The smallest absolute Gasteiger partial charge is 0.386 e. The zero-order valence-electron chi connectivity index (χ0n) is 18.7. The van der Waals surface area contributed by atoms with Gasteiger partial charge in [0, 0.05) is 24.4 Å². The predicted molar refractivity (Wildman–Crippen MR) is 118 cm³/mol. The Hall–Kier alpha value is -3.06. The molecule has 4 rings (SSSR count). The molecule has 0 radical (unpaired) electrons. The van der Waals surface area contributed by atoms with Crippen LogP contribution in [0.5, 0.6) is 0 Å². The third-order valence-corrected chi connectivity index (χ3v) is 7.80. The van der Waals surface area contributed by atoms with Gasteiger partial charge in [-0.1, -0.05) is 6.07 Å². The van der Waals surface area contributed by atoms with Gasteiger partial charge >= 0.3 is 6.18 Å². The summed E-state index contributed by atoms with van der Waals surface area (Å²) in [5.41, 5.74) is -4.09. The molecule has 1 saturated carbocycles. The SMILES string of the molecule is CC(C)(O)c1c(NC(=O)c2cccc(C(F)(F)F)n2)cn2cc(CCS(=O)(=O)C3CC3)nc2c1F. The molecule has 188 valence electrons. The highest BCUT2D eigenvalue weighted by molar-refractivity contribution is 7.92. The molecular formula is C22H22F4N4O4S. The first-order valence-electron chi connectivity index (χ1n) is 10.7. The summed E-state index contributed by atoms with van der Waals surface area (Å²) < 4.78 is 79.9. The molecule has 1 fully saturated rings. The van der Waals surface area contributed by atoms with Crippen LogP contribution in [0.15, 0.2) is 30.6 Å². The van der Waals surface area contributed by atoms with Crippen molar-refractivity contribution in [3.63, 3.8) is 0 Å². The molecule has 13 heteroatoms. The fraction of sp³-hybridized carbons (Fsp3) is 0.409. The number of carbonyl (C=O) groups is 1. The Labute approximate surface area is 197 Å². The van der Waals surface area contributed by atoms with Crippen LogP contribution in [0.4, 0.5) is 23.2 Å². The largest absolute Gasteiger partial charge is 0.433 e. The lowest BCUT2D eigenvalue weighted by molar-refractivity contribution is -0.141. The molecule has 0 aliphatic heterocycles. The van der Waals surface area contributed by atoms with Crippen molar-refractivity contribution in [2.45, 2.75) is 50.1 Å². The lowest BCUT2D eigenvalue weighted by Gasteiger charge is -2.23. The number of hydrogen-bond acceptors (Lipinski definition) is 6.